The molecule has 0 amide bonds. The van der Waals surface area contributed by atoms with E-state index in [0.717, 1.165) is 35.9 Å². The van der Waals surface area contributed by atoms with Crippen LogP contribution in [0.25, 0.3) is 0 Å². The molecule has 1 aromatic carbocycles. The Morgan fingerprint density at radius 1 is 1.29 bits per heavy atom. The van der Waals surface area contributed by atoms with Crippen LogP contribution in [0, 0.1) is 12.7 Å². The van der Waals surface area contributed by atoms with E-state index < -0.39 is 0 Å². The fourth-order valence-electron chi connectivity index (χ4n) is 2.49. The number of aryl methyl sites for hydroxylation is 1. The molecule has 5 heteroatoms. The summed E-state index contributed by atoms with van der Waals surface area (Å²) >= 11 is 0. The van der Waals surface area contributed by atoms with Crippen LogP contribution in [0.4, 0.5) is 4.39 Å². The SMILES string of the molecule is Cc1nc(Cc2ccc(F)cc2)cc([C@H]2COCCN2)n1. The van der Waals surface area contributed by atoms with Gasteiger partial charge in [0.15, 0.2) is 0 Å². The first-order chi connectivity index (χ1) is 10.2. The van der Waals surface area contributed by atoms with E-state index in [9.17, 15) is 4.39 Å². The number of nitrogens with zero attached hydrogens (tertiary/aromatic N) is 2. The maximum Gasteiger partial charge on any atom is 0.125 e. The van der Waals surface area contributed by atoms with Crippen LogP contribution >= 0.6 is 0 Å². The van der Waals surface area contributed by atoms with Crippen molar-refractivity contribution in [3.8, 4) is 0 Å². The monoisotopic (exact) mass is 287 g/mol. The van der Waals surface area contributed by atoms with Gasteiger partial charge < -0.3 is 10.1 Å². The largest absolute Gasteiger partial charge is 0.378 e. The average molecular weight is 287 g/mol. The maximum atomic E-state index is 12.9. The zero-order valence-electron chi connectivity index (χ0n) is 12.0. The summed E-state index contributed by atoms with van der Waals surface area (Å²) < 4.78 is 18.4. The quantitative estimate of drug-likeness (QED) is 0.940. The molecule has 110 valence electrons. The van der Waals surface area contributed by atoms with E-state index >= 15 is 0 Å². The molecule has 0 radical (unpaired) electrons. The van der Waals surface area contributed by atoms with Crippen LogP contribution < -0.4 is 5.32 Å². The minimum atomic E-state index is -0.220. The summed E-state index contributed by atoms with van der Waals surface area (Å²) in [5.41, 5.74) is 2.93. The normalized spacial score (nSPS) is 18.7. The molecule has 2 heterocycles. The Bertz CT molecular complexity index is 609. The summed E-state index contributed by atoms with van der Waals surface area (Å²) in [6.45, 7) is 4.10. The van der Waals surface area contributed by atoms with Gasteiger partial charge in [-0.15, -0.1) is 0 Å². The summed E-state index contributed by atoms with van der Waals surface area (Å²) in [5.74, 6) is 0.527. The molecule has 0 saturated carbocycles. The van der Waals surface area contributed by atoms with Gasteiger partial charge in [-0.05, 0) is 30.7 Å². The van der Waals surface area contributed by atoms with Gasteiger partial charge in [0, 0.05) is 18.7 Å². The highest BCUT2D eigenvalue weighted by molar-refractivity contribution is 5.24. The topological polar surface area (TPSA) is 47.0 Å². The van der Waals surface area contributed by atoms with Gasteiger partial charge in [0.1, 0.15) is 11.6 Å². The van der Waals surface area contributed by atoms with Crippen LogP contribution in [0.3, 0.4) is 0 Å². The van der Waals surface area contributed by atoms with E-state index in [1.54, 1.807) is 12.1 Å². The number of ether oxygens (including phenoxy) is 1. The minimum Gasteiger partial charge on any atom is -0.378 e. The molecular formula is C16H18FN3O. The molecule has 0 bridgehead atoms. The Kier molecular flexibility index (Phi) is 4.22. The highest BCUT2D eigenvalue weighted by Crippen LogP contribution is 2.16. The van der Waals surface area contributed by atoms with Crippen molar-refractivity contribution in [3.05, 3.63) is 58.9 Å². The maximum absolute atomic E-state index is 12.9. The first-order valence-corrected chi connectivity index (χ1v) is 7.11. The van der Waals surface area contributed by atoms with Crippen molar-refractivity contribution in [3.63, 3.8) is 0 Å². The van der Waals surface area contributed by atoms with Crippen LogP contribution in [-0.2, 0) is 11.2 Å². The highest BCUT2D eigenvalue weighted by atomic mass is 19.1. The Morgan fingerprint density at radius 2 is 2.10 bits per heavy atom. The molecule has 1 atom stereocenters. The number of benzene rings is 1. The van der Waals surface area contributed by atoms with Gasteiger partial charge in [-0.2, -0.15) is 0 Å². The van der Waals surface area contributed by atoms with Crippen LogP contribution in [-0.4, -0.2) is 29.7 Å². The highest BCUT2D eigenvalue weighted by Gasteiger charge is 2.17. The summed E-state index contributed by atoms with van der Waals surface area (Å²) in [5, 5.41) is 3.40. The van der Waals surface area contributed by atoms with Crippen LogP contribution in [0.2, 0.25) is 0 Å². The summed E-state index contributed by atoms with van der Waals surface area (Å²) in [4.78, 5) is 8.97. The molecule has 0 spiro atoms. The van der Waals surface area contributed by atoms with E-state index in [2.05, 4.69) is 15.3 Å². The number of hydrogen-bond donors (Lipinski definition) is 1. The lowest BCUT2D eigenvalue weighted by atomic mass is 10.1. The predicted molar refractivity (Wildman–Crippen MR) is 77.5 cm³/mol. The molecular weight excluding hydrogens is 269 g/mol. The van der Waals surface area contributed by atoms with Crippen molar-refractivity contribution < 1.29 is 9.13 Å². The number of halogens is 1. The van der Waals surface area contributed by atoms with Crippen LogP contribution in [0.5, 0.6) is 0 Å². The molecule has 1 saturated heterocycles. The first-order valence-electron chi connectivity index (χ1n) is 7.11. The molecule has 1 fully saturated rings. The zero-order chi connectivity index (χ0) is 14.7. The van der Waals surface area contributed by atoms with Gasteiger partial charge in [-0.1, -0.05) is 12.1 Å². The molecule has 3 rings (SSSR count). The zero-order valence-corrected chi connectivity index (χ0v) is 12.0. The number of rotatable bonds is 3. The molecule has 1 aliphatic heterocycles. The third-order valence-electron chi connectivity index (χ3n) is 3.49. The first kappa shape index (κ1) is 14.1. The van der Waals surface area contributed by atoms with Crippen molar-refractivity contribution in [1.29, 1.82) is 0 Å². The molecule has 1 aromatic heterocycles. The minimum absolute atomic E-state index is 0.118. The Morgan fingerprint density at radius 3 is 2.81 bits per heavy atom. The van der Waals surface area contributed by atoms with Gasteiger partial charge in [0.2, 0.25) is 0 Å². The van der Waals surface area contributed by atoms with E-state index in [-0.39, 0.29) is 11.9 Å². The molecule has 4 nitrogen and oxygen atoms in total. The fraction of sp³-hybridized carbons (Fsp3) is 0.375. The Hall–Kier alpha value is -1.85. The second-order valence-corrected chi connectivity index (χ2v) is 5.22. The summed E-state index contributed by atoms with van der Waals surface area (Å²) in [7, 11) is 0. The number of hydrogen-bond acceptors (Lipinski definition) is 4. The molecule has 2 aromatic rings. The molecule has 0 unspecified atom stereocenters. The third-order valence-corrected chi connectivity index (χ3v) is 3.49. The smallest absolute Gasteiger partial charge is 0.125 e. The van der Waals surface area contributed by atoms with Crippen molar-refractivity contribution in [2.45, 2.75) is 19.4 Å². The molecule has 1 aliphatic rings. The van der Waals surface area contributed by atoms with Crippen molar-refractivity contribution >= 4 is 0 Å². The molecule has 21 heavy (non-hydrogen) atoms. The van der Waals surface area contributed by atoms with E-state index in [4.69, 9.17) is 4.74 Å². The van der Waals surface area contributed by atoms with Gasteiger partial charge in [-0.25, -0.2) is 14.4 Å². The van der Waals surface area contributed by atoms with Crippen molar-refractivity contribution in [2.75, 3.05) is 19.8 Å². The van der Waals surface area contributed by atoms with Crippen molar-refractivity contribution in [2.24, 2.45) is 0 Å². The second kappa shape index (κ2) is 6.28. The number of morpholine rings is 1. The van der Waals surface area contributed by atoms with Gasteiger partial charge in [0.05, 0.1) is 24.9 Å². The van der Waals surface area contributed by atoms with Gasteiger partial charge in [-0.3, -0.25) is 0 Å². The molecule has 0 aliphatic carbocycles. The fourth-order valence-corrected chi connectivity index (χ4v) is 2.49. The number of nitrogens with one attached hydrogen (secondary N) is 1. The Labute approximate surface area is 123 Å². The second-order valence-electron chi connectivity index (χ2n) is 5.22. The lowest BCUT2D eigenvalue weighted by Crippen LogP contribution is -2.35. The Balaban J connectivity index is 1.81. The summed E-state index contributed by atoms with van der Waals surface area (Å²) in [6, 6.07) is 8.64. The van der Waals surface area contributed by atoms with Crippen LogP contribution in [0.15, 0.2) is 30.3 Å². The lowest BCUT2D eigenvalue weighted by molar-refractivity contribution is 0.0755. The lowest BCUT2D eigenvalue weighted by Gasteiger charge is -2.23. The average Bonchev–Trinajstić information content (AvgIpc) is 2.50. The number of aromatic nitrogens is 2. The van der Waals surface area contributed by atoms with E-state index in [0.29, 0.717) is 13.0 Å². The summed E-state index contributed by atoms with van der Waals surface area (Å²) in [6.07, 6.45) is 0.671. The predicted octanol–water partition coefficient (Wildman–Crippen LogP) is 2.18. The van der Waals surface area contributed by atoms with E-state index in [1.807, 2.05) is 13.0 Å². The van der Waals surface area contributed by atoms with E-state index in [1.165, 1.54) is 12.1 Å². The van der Waals surface area contributed by atoms with Gasteiger partial charge >= 0.3 is 0 Å². The van der Waals surface area contributed by atoms with Crippen molar-refractivity contribution in [1.82, 2.24) is 15.3 Å². The molecule has 1 N–H and O–H groups in total. The third kappa shape index (κ3) is 3.62. The van der Waals surface area contributed by atoms with Crippen LogP contribution in [0.1, 0.15) is 28.8 Å². The van der Waals surface area contributed by atoms with Gasteiger partial charge in [0.25, 0.3) is 0 Å². The standard InChI is InChI=1S/C16H18FN3O/c1-11-19-14(8-12-2-4-13(17)5-3-12)9-15(20-11)16-10-21-7-6-18-16/h2-5,9,16,18H,6-8,10H2,1H3/t16-/m1/s1.